The van der Waals surface area contributed by atoms with E-state index in [1.165, 1.54) is 6.07 Å². The first-order chi connectivity index (χ1) is 12.5. The summed E-state index contributed by atoms with van der Waals surface area (Å²) >= 11 is 0. The van der Waals surface area contributed by atoms with Crippen LogP contribution < -0.4 is 19.5 Å². The highest BCUT2D eigenvalue weighted by molar-refractivity contribution is 7.89. The largest absolute Gasteiger partial charge is 0.490 e. The maximum Gasteiger partial charge on any atom is 0.240 e. The first kappa shape index (κ1) is 24.0. The summed E-state index contributed by atoms with van der Waals surface area (Å²) in [4.78, 5) is 0.172. The molecule has 156 valence electrons. The standard InChI is InChI=1S/C18H30N2O5S.ClH/c1-4-24-16-7-6-15(12-17(16)25-5-2)26(21,22)20-13-18(14-23-3)8-10-19-11-9-18;/h6-7,12,19-20H,4-5,8-11,13-14H2,1-3H3;1H. The number of hydrogen-bond donors (Lipinski definition) is 2. The molecule has 0 unspecified atom stereocenters. The minimum atomic E-state index is -3.65. The third-order valence-electron chi connectivity index (χ3n) is 4.58. The number of nitrogens with one attached hydrogen (secondary N) is 2. The average molecular weight is 423 g/mol. The Balaban J connectivity index is 0.00000364. The Morgan fingerprint density at radius 1 is 1.11 bits per heavy atom. The summed E-state index contributed by atoms with van der Waals surface area (Å²) in [5.41, 5.74) is -0.179. The highest BCUT2D eigenvalue weighted by Crippen LogP contribution is 2.32. The predicted molar refractivity (Wildman–Crippen MR) is 108 cm³/mol. The smallest absolute Gasteiger partial charge is 0.240 e. The summed E-state index contributed by atoms with van der Waals surface area (Å²) in [6.07, 6.45) is 1.74. The van der Waals surface area contributed by atoms with Crippen molar-refractivity contribution in [3.05, 3.63) is 18.2 Å². The molecule has 0 aliphatic carbocycles. The van der Waals surface area contributed by atoms with Gasteiger partial charge >= 0.3 is 0 Å². The van der Waals surface area contributed by atoms with Gasteiger partial charge in [0, 0.05) is 25.1 Å². The molecule has 1 aliphatic heterocycles. The number of methoxy groups -OCH3 is 1. The molecule has 7 nitrogen and oxygen atoms in total. The Morgan fingerprint density at radius 3 is 2.33 bits per heavy atom. The second-order valence-electron chi connectivity index (χ2n) is 6.48. The molecule has 0 saturated carbocycles. The van der Waals surface area contributed by atoms with Crippen molar-refractivity contribution in [3.63, 3.8) is 0 Å². The lowest BCUT2D eigenvalue weighted by Crippen LogP contribution is -2.47. The Kier molecular flexibility index (Phi) is 9.83. The van der Waals surface area contributed by atoms with Gasteiger partial charge in [0.25, 0.3) is 0 Å². The molecule has 1 fully saturated rings. The van der Waals surface area contributed by atoms with E-state index < -0.39 is 10.0 Å². The molecule has 0 amide bonds. The number of rotatable bonds is 10. The van der Waals surface area contributed by atoms with Crippen LogP contribution in [0.4, 0.5) is 0 Å². The molecule has 0 spiro atoms. The fourth-order valence-electron chi connectivity index (χ4n) is 3.17. The first-order valence-electron chi connectivity index (χ1n) is 9.05. The highest BCUT2D eigenvalue weighted by Gasteiger charge is 2.33. The van der Waals surface area contributed by atoms with Crippen molar-refractivity contribution in [2.24, 2.45) is 5.41 Å². The second-order valence-corrected chi connectivity index (χ2v) is 8.25. The number of piperidine rings is 1. The van der Waals surface area contributed by atoms with Gasteiger partial charge in [0.15, 0.2) is 11.5 Å². The van der Waals surface area contributed by atoms with E-state index in [0.29, 0.717) is 37.9 Å². The summed E-state index contributed by atoms with van der Waals surface area (Å²) in [6.45, 7) is 7.24. The molecule has 0 bridgehead atoms. The summed E-state index contributed by atoms with van der Waals surface area (Å²) in [5, 5.41) is 3.30. The number of benzene rings is 1. The third kappa shape index (κ3) is 6.50. The minimum Gasteiger partial charge on any atom is -0.490 e. The molecule has 1 aromatic carbocycles. The Morgan fingerprint density at radius 2 is 1.74 bits per heavy atom. The van der Waals surface area contributed by atoms with Crippen molar-refractivity contribution in [2.45, 2.75) is 31.6 Å². The lowest BCUT2D eigenvalue weighted by Gasteiger charge is -2.37. The van der Waals surface area contributed by atoms with Crippen molar-refractivity contribution in [2.75, 3.05) is 46.6 Å². The predicted octanol–water partition coefficient (Wildman–Crippen LogP) is 2.20. The van der Waals surface area contributed by atoms with Crippen LogP contribution in [-0.2, 0) is 14.8 Å². The van der Waals surface area contributed by atoms with Gasteiger partial charge in [-0.2, -0.15) is 0 Å². The zero-order valence-electron chi connectivity index (χ0n) is 16.2. The molecule has 0 atom stereocenters. The normalized spacial score (nSPS) is 16.4. The van der Waals surface area contributed by atoms with Crippen LogP contribution in [0.1, 0.15) is 26.7 Å². The molecule has 1 aromatic rings. The Labute approximate surface area is 168 Å². The van der Waals surface area contributed by atoms with Crippen molar-refractivity contribution in [1.29, 1.82) is 0 Å². The van der Waals surface area contributed by atoms with E-state index in [9.17, 15) is 8.42 Å². The van der Waals surface area contributed by atoms with Crippen LogP contribution in [0.2, 0.25) is 0 Å². The van der Waals surface area contributed by atoms with E-state index in [0.717, 1.165) is 25.9 Å². The third-order valence-corrected chi connectivity index (χ3v) is 5.98. The van der Waals surface area contributed by atoms with Crippen molar-refractivity contribution in [1.82, 2.24) is 10.0 Å². The quantitative estimate of drug-likeness (QED) is 0.601. The maximum atomic E-state index is 12.8. The fraction of sp³-hybridized carbons (Fsp3) is 0.667. The summed E-state index contributed by atoms with van der Waals surface area (Å²) in [6, 6.07) is 4.70. The minimum absolute atomic E-state index is 0. The monoisotopic (exact) mass is 422 g/mol. The molecule has 1 saturated heterocycles. The zero-order valence-corrected chi connectivity index (χ0v) is 17.9. The molecular weight excluding hydrogens is 392 g/mol. The van der Waals surface area contributed by atoms with Crippen LogP contribution in [-0.4, -0.2) is 55.0 Å². The van der Waals surface area contributed by atoms with Gasteiger partial charge in [-0.05, 0) is 51.9 Å². The fourth-order valence-corrected chi connectivity index (χ4v) is 4.34. The Bertz CT molecular complexity index is 673. The van der Waals surface area contributed by atoms with Gasteiger partial charge < -0.3 is 19.5 Å². The van der Waals surface area contributed by atoms with Crippen LogP contribution >= 0.6 is 12.4 Å². The van der Waals surface area contributed by atoms with E-state index in [2.05, 4.69) is 10.0 Å². The van der Waals surface area contributed by atoms with Gasteiger partial charge in [0.1, 0.15) is 0 Å². The maximum absolute atomic E-state index is 12.8. The van der Waals surface area contributed by atoms with Gasteiger partial charge in [-0.15, -0.1) is 12.4 Å². The first-order valence-corrected chi connectivity index (χ1v) is 10.5. The molecule has 2 rings (SSSR count). The van der Waals surface area contributed by atoms with Crippen molar-refractivity contribution >= 4 is 22.4 Å². The average Bonchev–Trinajstić information content (AvgIpc) is 2.63. The van der Waals surface area contributed by atoms with Gasteiger partial charge in [0.05, 0.1) is 24.7 Å². The van der Waals surface area contributed by atoms with E-state index in [1.807, 2.05) is 13.8 Å². The molecule has 27 heavy (non-hydrogen) atoms. The van der Waals surface area contributed by atoms with Crippen LogP contribution in [0.5, 0.6) is 11.5 Å². The molecular formula is C18H31ClN2O5S. The lowest BCUT2D eigenvalue weighted by molar-refractivity contribution is 0.0577. The molecule has 0 aromatic heterocycles. The van der Waals surface area contributed by atoms with Crippen LogP contribution in [0.3, 0.4) is 0 Å². The van der Waals surface area contributed by atoms with Gasteiger partial charge in [0.2, 0.25) is 10.0 Å². The topological polar surface area (TPSA) is 85.9 Å². The molecule has 2 N–H and O–H groups in total. The number of halogens is 1. The molecule has 0 radical (unpaired) electrons. The summed E-state index contributed by atoms with van der Waals surface area (Å²) in [7, 11) is -2.00. The zero-order chi connectivity index (χ0) is 19.0. The molecule has 1 aliphatic rings. The lowest BCUT2D eigenvalue weighted by atomic mass is 9.80. The van der Waals surface area contributed by atoms with E-state index in [1.54, 1.807) is 19.2 Å². The van der Waals surface area contributed by atoms with Gasteiger partial charge in [-0.25, -0.2) is 13.1 Å². The van der Waals surface area contributed by atoms with Gasteiger partial charge in [-0.3, -0.25) is 0 Å². The number of ether oxygens (including phenoxy) is 3. The van der Waals surface area contributed by atoms with E-state index in [-0.39, 0.29) is 22.7 Å². The molecule has 1 heterocycles. The SMILES string of the molecule is CCOc1ccc(S(=O)(=O)NCC2(COC)CCNCC2)cc1OCC.Cl. The van der Waals surface area contributed by atoms with Crippen molar-refractivity contribution < 1.29 is 22.6 Å². The summed E-state index contributed by atoms with van der Waals surface area (Å²) in [5.74, 6) is 0.980. The van der Waals surface area contributed by atoms with Crippen LogP contribution in [0, 0.1) is 5.41 Å². The van der Waals surface area contributed by atoms with Crippen LogP contribution in [0.25, 0.3) is 0 Å². The van der Waals surface area contributed by atoms with Crippen LogP contribution in [0.15, 0.2) is 23.1 Å². The summed E-state index contributed by atoms with van der Waals surface area (Å²) < 4.78 is 44.7. The van der Waals surface area contributed by atoms with E-state index >= 15 is 0 Å². The molecule has 9 heteroatoms. The number of hydrogen-bond acceptors (Lipinski definition) is 6. The van der Waals surface area contributed by atoms with Crippen molar-refractivity contribution in [3.8, 4) is 11.5 Å². The van der Waals surface area contributed by atoms with Gasteiger partial charge in [-0.1, -0.05) is 0 Å². The Hall–Kier alpha value is -1.06. The second kappa shape index (κ2) is 11.1. The number of sulfonamides is 1. The highest BCUT2D eigenvalue weighted by atomic mass is 35.5. The van der Waals surface area contributed by atoms with E-state index in [4.69, 9.17) is 14.2 Å².